The van der Waals surface area contributed by atoms with Gasteiger partial charge < -0.3 is 15.4 Å². The second-order valence-corrected chi connectivity index (χ2v) is 6.26. The molecule has 0 saturated carbocycles. The lowest BCUT2D eigenvalue weighted by atomic mass is 10.0. The lowest BCUT2D eigenvalue weighted by molar-refractivity contribution is -0.136. The number of nitrogens with two attached hydrogens (primary N) is 1. The summed E-state index contributed by atoms with van der Waals surface area (Å²) in [5, 5.41) is 0. The molecule has 0 bridgehead atoms. The SMILES string of the molecule is CCC1CN(C(=O)C(N)c2ccc(C)cc2)CCN1CCOC. The molecule has 1 heterocycles. The molecule has 1 aromatic rings. The van der Waals surface area contributed by atoms with Crippen LogP contribution in [0.4, 0.5) is 0 Å². The summed E-state index contributed by atoms with van der Waals surface area (Å²) in [5.74, 6) is 0.0266. The summed E-state index contributed by atoms with van der Waals surface area (Å²) in [4.78, 5) is 17.0. The van der Waals surface area contributed by atoms with Crippen LogP contribution in [-0.4, -0.2) is 61.6 Å². The Labute approximate surface area is 139 Å². The van der Waals surface area contributed by atoms with Crippen LogP contribution in [0.1, 0.15) is 30.5 Å². The number of aryl methyl sites for hydroxylation is 1. The van der Waals surface area contributed by atoms with Gasteiger partial charge in [0.2, 0.25) is 5.91 Å². The first-order chi connectivity index (χ1) is 11.1. The number of rotatable bonds is 6. The molecule has 2 rings (SSSR count). The Morgan fingerprint density at radius 2 is 2.04 bits per heavy atom. The van der Waals surface area contributed by atoms with Crippen LogP contribution in [0, 0.1) is 6.92 Å². The smallest absolute Gasteiger partial charge is 0.244 e. The van der Waals surface area contributed by atoms with Crippen molar-refractivity contribution in [1.29, 1.82) is 0 Å². The fraction of sp³-hybridized carbons (Fsp3) is 0.611. The predicted molar refractivity (Wildman–Crippen MR) is 92.2 cm³/mol. The van der Waals surface area contributed by atoms with Crippen molar-refractivity contribution in [3.63, 3.8) is 0 Å². The number of piperazine rings is 1. The van der Waals surface area contributed by atoms with Gasteiger partial charge in [0.1, 0.15) is 6.04 Å². The van der Waals surface area contributed by atoms with Gasteiger partial charge in [0.05, 0.1) is 6.61 Å². The van der Waals surface area contributed by atoms with E-state index in [0.717, 1.165) is 44.8 Å². The van der Waals surface area contributed by atoms with Gasteiger partial charge in [-0.05, 0) is 18.9 Å². The molecule has 1 aliphatic rings. The number of carbonyl (C=O) groups excluding carboxylic acids is 1. The Hall–Kier alpha value is -1.43. The van der Waals surface area contributed by atoms with E-state index in [0.29, 0.717) is 6.04 Å². The lowest BCUT2D eigenvalue weighted by Gasteiger charge is -2.41. The normalized spacial score (nSPS) is 20.5. The highest BCUT2D eigenvalue weighted by atomic mass is 16.5. The highest BCUT2D eigenvalue weighted by Crippen LogP contribution is 2.18. The second kappa shape index (κ2) is 8.43. The third-order valence-corrected chi connectivity index (χ3v) is 4.67. The van der Waals surface area contributed by atoms with Crippen LogP contribution in [-0.2, 0) is 9.53 Å². The number of ether oxygens (including phenoxy) is 1. The van der Waals surface area contributed by atoms with E-state index in [2.05, 4.69) is 11.8 Å². The Balaban J connectivity index is 1.98. The molecule has 1 aliphatic heterocycles. The molecule has 0 aromatic heterocycles. The zero-order valence-corrected chi connectivity index (χ0v) is 14.5. The molecule has 1 amide bonds. The van der Waals surface area contributed by atoms with Crippen LogP contribution >= 0.6 is 0 Å². The first kappa shape index (κ1) is 17.9. The maximum atomic E-state index is 12.7. The minimum atomic E-state index is -0.571. The number of carbonyl (C=O) groups is 1. The van der Waals surface area contributed by atoms with Crippen molar-refractivity contribution in [3.8, 4) is 0 Å². The molecule has 2 unspecified atom stereocenters. The number of methoxy groups -OCH3 is 1. The van der Waals surface area contributed by atoms with Gasteiger partial charge in [0.25, 0.3) is 0 Å². The summed E-state index contributed by atoms with van der Waals surface area (Å²) in [7, 11) is 1.72. The van der Waals surface area contributed by atoms with Crippen LogP contribution in [0.2, 0.25) is 0 Å². The van der Waals surface area contributed by atoms with Gasteiger partial charge in [0.15, 0.2) is 0 Å². The molecule has 0 aliphatic carbocycles. The molecule has 5 heteroatoms. The molecule has 2 atom stereocenters. The molecule has 2 N–H and O–H groups in total. The summed E-state index contributed by atoms with van der Waals surface area (Å²) in [6.45, 7) is 8.21. The predicted octanol–water partition coefficient (Wildman–Crippen LogP) is 1.56. The van der Waals surface area contributed by atoms with Crippen molar-refractivity contribution < 1.29 is 9.53 Å². The first-order valence-electron chi connectivity index (χ1n) is 8.40. The van der Waals surface area contributed by atoms with E-state index in [1.165, 1.54) is 5.56 Å². The average molecular weight is 319 g/mol. The maximum Gasteiger partial charge on any atom is 0.244 e. The summed E-state index contributed by atoms with van der Waals surface area (Å²) in [6.07, 6.45) is 1.02. The molecular weight excluding hydrogens is 290 g/mol. The standard InChI is InChI=1S/C18H29N3O2/c1-4-16-13-21(10-9-20(16)11-12-23-3)18(22)17(19)15-7-5-14(2)6-8-15/h5-8,16-17H,4,9-13,19H2,1-3H3. The van der Waals surface area contributed by atoms with Gasteiger partial charge in [0, 0.05) is 39.3 Å². The summed E-state index contributed by atoms with van der Waals surface area (Å²) >= 11 is 0. The number of benzene rings is 1. The van der Waals surface area contributed by atoms with E-state index in [-0.39, 0.29) is 5.91 Å². The van der Waals surface area contributed by atoms with Crippen molar-refractivity contribution in [1.82, 2.24) is 9.80 Å². The van der Waals surface area contributed by atoms with Crippen LogP contribution in [0.25, 0.3) is 0 Å². The van der Waals surface area contributed by atoms with Crippen LogP contribution in [0.3, 0.4) is 0 Å². The third-order valence-electron chi connectivity index (χ3n) is 4.67. The van der Waals surface area contributed by atoms with E-state index >= 15 is 0 Å². The van der Waals surface area contributed by atoms with Crippen LogP contribution in [0.5, 0.6) is 0 Å². The average Bonchev–Trinajstić information content (AvgIpc) is 2.59. The van der Waals surface area contributed by atoms with Crippen molar-refractivity contribution in [2.45, 2.75) is 32.4 Å². The van der Waals surface area contributed by atoms with Crippen LogP contribution in [0.15, 0.2) is 24.3 Å². The first-order valence-corrected chi connectivity index (χ1v) is 8.40. The second-order valence-electron chi connectivity index (χ2n) is 6.26. The molecular formula is C18H29N3O2. The lowest BCUT2D eigenvalue weighted by Crippen LogP contribution is -2.56. The van der Waals surface area contributed by atoms with Crippen molar-refractivity contribution >= 4 is 5.91 Å². The zero-order valence-electron chi connectivity index (χ0n) is 14.5. The zero-order chi connectivity index (χ0) is 16.8. The summed E-state index contributed by atoms with van der Waals surface area (Å²) in [6, 6.07) is 7.71. The van der Waals surface area contributed by atoms with Crippen molar-refractivity contribution in [3.05, 3.63) is 35.4 Å². The highest BCUT2D eigenvalue weighted by molar-refractivity contribution is 5.83. The minimum absolute atomic E-state index is 0.0266. The Bertz CT molecular complexity index is 503. The third kappa shape index (κ3) is 4.53. The Kier molecular flexibility index (Phi) is 6.57. The molecule has 1 fully saturated rings. The van der Waals surface area contributed by atoms with Gasteiger partial charge >= 0.3 is 0 Å². The number of hydrogen-bond acceptors (Lipinski definition) is 4. The monoisotopic (exact) mass is 319 g/mol. The quantitative estimate of drug-likeness (QED) is 0.864. The highest BCUT2D eigenvalue weighted by Gasteiger charge is 2.30. The van der Waals surface area contributed by atoms with Gasteiger partial charge in [-0.3, -0.25) is 9.69 Å². The van der Waals surface area contributed by atoms with E-state index in [9.17, 15) is 4.79 Å². The van der Waals surface area contributed by atoms with Crippen molar-refractivity contribution in [2.24, 2.45) is 5.73 Å². The number of nitrogens with zero attached hydrogens (tertiary/aromatic N) is 2. The van der Waals surface area contributed by atoms with Crippen LogP contribution < -0.4 is 5.73 Å². The van der Waals surface area contributed by atoms with Gasteiger partial charge in [-0.25, -0.2) is 0 Å². The van der Waals surface area contributed by atoms with E-state index in [1.807, 2.05) is 36.1 Å². The van der Waals surface area contributed by atoms with E-state index in [1.54, 1.807) is 7.11 Å². The molecule has 1 aromatic carbocycles. The molecule has 1 saturated heterocycles. The summed E-state index contributed by atoms with van der Waals surface area (Å²) in [5.41, 5.74) is 8.25. The topological polar surface area (TPSA) is 58.8 Å². The Morgan fingerprint density at radius 1 is 1.35 bits per heavy atom. The van der Waals surface area contributed by atoms with E-state index in [4.69, 9.17) is 10.5 Å². The van der Waals surface area contributed by atoms with Gasteiger partial charge in [-0.15, -0.1) is 0 Å². The molecule has 23 heavy (non-hydrogen) atoms. The van der Waals surface area contributed by atoms with Crippen molar-refractivity contribution in [2.75, 3.05) is 39.9 Å². The fourth-order valence-electron chi connectivity index (χ4n) is 3.10. The molecule has 128 valence electrons. The van der Waals surface area contributed by atoms with Gasteiger partial charge in [-0.1, -0.05) is 36.8 Å². The number of hydrogen-bond donors (Lipinski definition) is 1. The minimum Gasteiger partial charge on any atom is -0.383 e. The van der Waals surface area contributed by atoms with E-state index < -0.39 is 6.04 Å². The van der Waals surface area contributed by atoms with Gasteiger partial charge in [-0.2, -0.15) is 0 Å². The summed E-state index contributed by atoms with van der Waals surface area (Å²) < 4.78 is 5.18. The largest absolute Gasteiger partial charge is 0.383 e. The number of amides is 1. The fourth-order valence-corrected chi connectivity index (χ4v) is 3.10. The molecule has 0 radical (unpaired) electrons. The maximum absolute atomic E-state index is 12.7. The molecule has 5 nitrogen and oxygen atoms in total. The molecule has 0 spiro atoms. The Morgan fingerprint density at radius 3 is 2.65 bits per heavy atom.